The van der Waals surface area contributed by atoms with E-state index in [1.807, 2.05) is 0 Å². The molecule has 120 valence electrons. The standard InChI is InChI=1S/C10H16N2O8.Mg.Na.3H/c13-7(14)3-11(4-8(15)16)1-2-12(5-9(17)18)6-10(19)20;;;;;/h1-6H2,(H,13,14)(H,15,16)(H,17,18)(H,19,20);;;;;/q;+2;+1;3*-1. The van der Waals surface area contributed by atoms with E-state index in [0.717, 1.165) is 9.80 Å². The van der Waals surface area contributed by atoms with Crippen molar-refractivity contribution < 1.29 is 73.4 Å². The molecular formula is C10H19MgN2NaO8. The Hall–Kier alpha value is -0.434. The van der Waals surface area contributed by atoms with Crippen LogP contribution in [0.15, 0.2) is 0 Å². The zero-order valence-electron chi connectivity index (χ0n) is 15.3. The van der Waals surface area contributed by atoms with E-state index in [1.54, 1.807) is 0 Å². The SMILES string of the molecule is O=C(O)CN(CCN(CC(=O)O)CC(=O)O)CC(=O)O.[H-].[H-].[H-].[Mg+2].[Na+]. The minimum atomic E-state index is -1.23. The van der Waals surface area contributed by atoms with Crippen molar-refractivity contribution in [2.24, 2.45) is 0 Å². The summed E-state index contributed by atoms with van der Waals surface area (Å²) in [5.74, 6) is -4.91. The number of hydrogen-bond acceptors (Lipinski definition) is 6. The van der Waals surface area contributed by atoms with Gasteiger partial charge >= 0.3 is 76.5 Å². The number of carboxylic acid groups (broad SMARTS) is 4. The van der Waals surface area contributed by atoms with Crippen LogP contribution in [0.1, 0.15) is 4.28 Å². The summed E-state index contributed by atoms with van der Waals surface area (Å²) in [7, 11) is 0. The van der Waals surface area contributed by atoms with Crippen molar-refractivity contribution in [2.75, 3.05) is 39.3 Å². The smallest absolute Gasteiger partial charge is 1.00 e. The van der Waals surface area contributed by atoms with Crippen LogP contribution in [0.4, 0.5) is 0 Å². The van der Waals surface area contributed by atoms with Crippen LogP contribution in [-0.4, -0.2) is 116 Å². The van der Waals surface area contributed by atoms with E-state index >= 15 is 0 Å². The zero-order valence-corrected chi connectivity index (χ0v) is 15.7. The summed E-state index contributed by atoms with van der Waals surface area (Å²) in [5, 5.41) is 34.5. The van der Waals surface area contributed by atoms with Crippen LogP contribution in [0.2, 0.25) is 0 Å². The quantitative estimate of drug-likeness (QED) is 0.268. The fourth-order valence-electron chi connectivity index (χ4n) is 1.48. The van der Waals surface area contributed by atoms with Crippen molar-refractivity contribution in [2.45, 2.75) is 0 Å². The third-order valence-corrected chi connectivity index (χ3v) is 2.17. The largest absolute Gasteiger partial charge is 2.00 e. The normalized spacial score (nSPS) is 9.73. The summed E-state index contributed by atoms with van der Waals surface area (Å²) in [4.78, 5) is 44.4. The number of nitrogens with zero attached hydrogens (tertiary/aromatic N) is 2. The summed E-state index contributed by atoms with van der Waals surface area (Å²) in [6.45, 7) is -2.25. The van der Waals surface area contributed by atoms with Gasteiger partial charge in [-0.25, -0.2) is 0 Å². The van der Waals surface area contributed by atoms with Crippen molar-refractivity contribution in [3.05, 3.63) is 0 Å². The van der Waals surface area contributed by atoms with E-state index < -0.39 is 50.1 Å². The average Bonchev–Trinajstić information content (AvgIpc) is 2.22. The first kappa shape index (κ1) is 26.5. The molecule has 0 saturated carbocycles. The van der Waals surface area contributed by atoms with Crippen molar-refractivity contribution in [1.82, 2.24) is 9.80 Å². The molecule has 12 heteroatoms. The molecule has 0 aliphatic rings. The second kappa shape index (κ2) is 14.2. The molecule has 0 rings (SSSR count). The molecule has 0 saturated heterocycles. The number of aliphatic carboxylic acids is 4. The molecule has 0 amide bonds. The van der Waals surface area contributed by atoms with Gasteiger partial charge in [-0.2, -0.15) is 0 Å². The predicted octanol–water partition coefficient (Wildman–Crippen LogP) is -5.11. The molecule has 0 aromatic carbocycles. The van der Waals surface area contributed by atoms with Crippen molar-refractivity contribution in [1.29, 1.82) is 0 Å². The number of rotatable bonds is 11. The number of carboxylic acids is 4. The molecule has 0 fully saturated rings. The molecule has 0 heterocycles. The average molecular weight is 343 g/mol. The number of carbonyl (C=O) groups is 4. The first-order valence-corrected chi connectivity index (χ1v) is 5.52. The van der Waals surface area contributed by atoms with Gasteiger partial charge in [0.25, 0.3) is 0 Å². The van der Waals surface area contributed by atoms with E-state index in [-0.39, 0.29) is 70.0 Å². The monoisotopic (exact) mass is 342 g/mol. The first-order valence-electron chi connectivity index (χ1n) is 5.52. The summed E-state index contributed by atoms with van der Waals surface area (Å²) >= 11 is 0. The fourth-order valence-corrected chi connectivity index (χ4v) is 1.48. The van der Waals surface area contributed by atoms with Gasteiger partial charge in [-0.05, 0) is 0 Å². The molecule has 0 aromatic rings. The van der Waals surface area contributed by atoms with Gasteiger partial charge in [0, 0.05) is 13.1 Å². The van der Waals surface area contributed by atoms with Crippen LogP contribution in [-0.2, 0) is 19.2 Å². The van der Waals surface area contributed by atoms with Gasteiger partial charge < -0.3 is 24.7 Å². The van der Waals surface area contributed by atoms with Crippen LogP contribution in [0.5, 0.6) is 0 Å². The summed E-state index contributed by atoms with van der Waals surface area (Å²) in [6, 6.07) is 0. The zero-order chi connectivity index (χ0) is 15.7. The Labute approximate surface area is 169 Å². The van der Waals surface area contributed by atoms with Crippen LogP contribution >= 0.6 is 0 Å². The molecule has 0 aliphatic heterocycles. The van der Waals surface area contributed by atoms with Crippen LogP contribution < -0.4 is 29.6 Å². The third kappa shape index (κ3) is 15.9. The molecule has 0 aromatic heterocycles. The van der Waals surface area contributed by atoms with Crippen LogP contribution in [0.3, 0.4) is 0 Å². The molecule has 0 unspecified atom stereocenters. The number of hydrogen-bond donors (Lipinski definition) is 4. The third-order valence-electron chi connectivity index (χ3n) is 2.17. The second-order valence-corrected chi connectivity index (χ2v) is 4.00. The first-order chi connectivity index (χ1) is 9.20. The maximum atomic E-state index is 10.6. The van der Waals surface area contributed by atoms with Gasteiger partial charge in [0.15, 0.2) is 0 Å². The van der Waals surface area contributed by atoms with Gasteiger partial charge in [0.1, 0.15) is 0 Å². The van der Waals surface area contributed by atoms with Gasteiger partial charge in [0.2, 0.25) is 0 Å². The Morgan fingerprint density at radius 1 is 0.636 bits per heavy atom. The Balaban J connectivity index is -0.000000180. The summed E-state index contributed by atoms with van der Waals surface area (Å²) in [6.07, 6.45) is 0. The predicted molar refractivity (Wildman–Crippen MR) is 72.5 cm³/mol. The van der Waals surface area contributed by atoms with E-state index in [9.17, 15) is 19.2 Å². The minimum Gasteiger partial charge on any atom is -1.00 e. The molecular weight excluding hydrogens is 323 g/mol. The maximum Gasteiger partial charge on any atom is 2.00 e. The van der Waals surface area contributed by atoms with Crippen molar-refractivity contribution >= 4 is 46.9 Å². The molecule has 0 radical (unpaired) electrons. The van der Waals surface area contributed by atoms with E-state index in [4.69, 9.17) is 20.4 Å². The van der Waals surface area contributed by atoms with Gasteiger partial charge in [-0.3, -0.25) is 29.0 Å². The molecule has 0 aliphatic carbocycles. The second-order valence-electron chi connectivity index (χ2n) is 4.00. The molecule has 0 atom stereocenters. The maximum absolute atomic E-state index is 10.6. The van der Waals surface area contributed by atoms with Gasteiger partial charge in [-0.1, -0.05) is 0 Å². The Morgan fingerprint density at radius 2 is 0.818 bits per heavy atom. The molecule has 0 bridgehead atoms. The van der Waals surface area contributed by atoms with Crippen molar-refractivity contribution in [3.8, 4) is 0 Å². The minimum absolute atomic E-state index is 0. The Kier molecular flexibility index (Phi) is 17.1. The van der Waals surface area contributed by atoms with E-state index in [0.29, 0.717) is 0 Å². The molecule has 0 spiro atoms. The molecule has 4 N–H and O–H groups in total. The van der Waals surface area contributed by atoms with Crippen LogP contribution in [0.25, 0.3) is 0 Å². The molecule has 22 heavy (non-hydrogen) atoms. The Morgan fingerprint density at radius 3 is 0.955 bits per heavy atom. The Bertz CT molecular complexity index is 340. The van der Waals surface area contributed by atoms with Gasteiger partial charge in [0.05, 0.1) is 26.2 Å². The molecule has 10 nitrogen and oxygen atoms in total. The van der Waals surface area contributed by atoms with E-state index in [2.05, 4.69) is 0 Å². The van der Waals surface area contributed by atoms with Gasteiger partial charge in [-0.15, -0.1) is 0 Å². The fraction of sp³-hybridized carbons (Fsp3) is 0.600. The summed E-state index contributed by atoms with van der Waals surface area (Å²) < 4.78 is 0. The summed E-state index contributed by atoms with van der Waals surface area (Å²) in [5.41, 5.74) is 0. The van der Waals surface area contributed by atoms with Crippen LogP contribution in [0, 0.1) is 0 Å². The topological polar surface area (TPSA) is 156 Å². The van der Waals surface area contributed by atoms with Crippen molar-refractivity contribution in [3.63, 3.8) is 0 Å². The van der Waals surface area contributed by atoms with E-state index in [1.165, 1.54) is 0 Å².